The molecule has 2 unspecified atom stereocenters. The van der Waals surface area contributed by atoms with E-state index >= 15 is 0 Å². The smallest absolute Gasteiger partial charge is 0.257 e. The monoisotopic (exact) mass is 391 g/mol. The van der Waals surface area contributed by atoms with Crippen molar-refractivity contribution in [2.45, 2.75) is 18.6 Å². The summed E-state index contributed by atoms with van der Waals surface area (Å²) in [6.07, 6.45) is 3.81. The van der Waals surface area contributed by atoms with Gasteiger partial charge in [0, 0.05) is 12.7 Å². The fourth-order valence-corrected chi connectivity index (χ4v) is 3.74. The topological polar surface area (TPSA) is 91.9 Å². The van der Waals surface area contributed by atoms with Crippen LogP contribution in [0.4, 0.5) is 5.69 Å². The van der Waals surface area contributed by atoms with E-state index in [4.69, 9.17) is 9.15 Å². The lowest BCUT2D eigenvalue weighted by Crippen LogP contribution is -2.52. The van der Waals surface area contributed by atoms with Gasteiger partial charge in [0.05, 0.1) is 17.5 Å². The van der Waals surface area contributed by atoms with E-state index in [1.807, 2.05) is 19.1 Å². The molecule has 4 rings (SSSR count). The molecule has 0 saturated heterocycles. The Morgan fingerprint density at radius 2 is 1.90 bits per heavy atom. The van der Waals surface area contributed by atoms with Gasteiger partial charge in [-0.15, -0.1) is 0 Å². The summed E-state index contributed by atoms with van der Waals surface area (Å²) in [5.74, 6) is 0.0418. The Balaban J connectivity index is 1.90. The van der Waals surface area contributed by atoms with Crippen molar-refractivity contribution in [2.75, 3.05) is 12.4 Å². The van der Waals surface area contributed by atoms with Crippen molar-refractivity contribution in [3.8, 4) is 5.75 Å². The third kappa shape index (κ3) is 3.03. The third-order valence-corrected chi connectivity index (χ3v) is 5.23. The zero-order valence-electron chi connectivity index (χ0n) is 16.0. The van der Waals surface area contributed by atoms with E-state index in [-0.39, 0.29) is 11.3 Å². The minimum absolute atomic E-state index is 0.142. The first kappa shape index (κ1) is 19.0. The Hall–Kier alpha value is -3.35. The van der Waals surface area contributed by atoms with Crippen molar-refractivity contribution in [3.63, 3.8) is 0 Å². The van der Waals surface area contributed by atoms with Gasteiger partial charge in [0.15, 0.2) is 11.7 Å². The number of rotatable bonds is 4. The molecule has 0 fully saturated rings. The van der Waals surface area contributed by atoms with Crippen LogP contribution in [0.3, 0.4) is 0 Å². The standard InChI is InChI=1S/C23H21NO5/c1-14-12-13-29-18(14)11-9-15-8-10-17-19(20(15)25)23(27,16-6-4-3-5-7-16)21(28-2)22(26)24-17/h3-13,21,25,27H,1-2H3,(H,24,26). The van der Waals surface area contributed by atoms with Crippen LogP contribution in [0.2, 0.25) is 0 Å². The summed E-state index contributed by atoms with van der Waals surface area (Å²) in [7, 11) is 1.35. The number of amides is 1. The first-order chi connectivity index (χ1) is 14.0. The van der Waals surface area contributed by atoms with Crippen molar-refractivity contribution >= 4 is 23.7 Å². The number of furan rings is 1. The highest BCUT2D eigenvalue weighted by molar-refractivity contribution is 6.00. The molecule has 6 heteroatoms. The second-order valence-corrected chi connectivity index (χ2v) is 6.96. The van der Waals surface area contributed by atoms with Crippen LogP contribution in [0.15, 0.2) is 59.2 Å². The average Bonchev–Trinajstić information content (AvgIpc) is 3.13. The summed E-state index contributed by atoms with van der Waals surface area (Å²) in [5.41, 5.74) is 0.543. The van der Waals surface area contributed by atoms with Crippen LogP contribution < -0.4 is 5.32 Å². The van der Waals surface area contributed by atoms with Gasteiger partial charge in [0.25, 0.3) is 5.91 Å². The second kappa shape index (κ2) is 7.24. The van der Waals surface area contributed by atoms with E-state index in [1.165, 1.54) is 7.11 Å². The fraction of sp³-hybridized carbons (Fsp3) is 0.174. The molecule has 1 aliphatic heterocycles. The van der Waals surface area contributed by atoms with Crippen molar-refractivity contribution in [1.29, 1.82) is 0 Å². The van der Waals surface area contributed by atoms with Crippen molar-refractivity contribution in [1.82, 2.24) is 0 Å². The number of aryl methyl sites for hydroxylation is 1. The van der Waals surface area contributed by atoms with Crippen molar-refractivity contribution < 1.29 is 24.2 Å². The molecular weight excluding hydrogens is 370 g/mol. The summed E-state index contributed by atoms with van der Waals surface area (Å²) in [6, 6.07) is 13.9. The van der Waals surface area contributed by atoms with E-state index in [0.717, 1.165) is 5.56 Å². The largest absolute Gasteiger partial charge is 0.507 e. The lowest BCUT2D eigenvalue weighted by atomic mass is 9.77. The number of carbonyl (C=O) groups is 1. The molecule has 2 aromatic carbocycles. The number of hydrogen-bond acceptors (Lipinski definition) is 5. The van der Waals surface area contributed by atoms with Crippen molar-refractivity contribution in [3.05, 3.63) is 82.8 Å². The Morgan fingerprint density at radius 3 is 2.55 bits per heavy atom. The summed E-state index contributed by atoms with van der Waals surface area (Å²) >= 11 is 0. The minimum atomic E-state index is -1.86. The predicted molar refractivity (Wildman–Crippen MR) is 109 cm³/mol. The summed E-state index contributed by atoms with van der Waals surface area (Å²) < 4.78 is 10.8. The van der Waals surface area contributed by atoms with E-state index in [0.29, 0.717) is 22.6 Å². The molecule has 1 aliphatic rings. The number of ether oxygens (including phenoxy) is 1. The maximum atomic E-state index is 12.6. The second-order valence-electron chi connectivity index (χ2n) is 6.96. The number of aliphatic hydroxyl groups is 1. The predicted octanol–water partition coefficient (Wildman–Crippen LogP) is 3.67. The maximum Gasteiger partial charge on any atom is 0.257 e. The van der Waals surface area contributed by atoms with Gasteiger partial charge < -0.3 is 24.7 Å². The molecular formula is C23H21NO5. The summed E-state index contributed by atoms with van der Waals surface area (Å²) in [6.45, 7) is 1.92. The van der Waals surface area contributed by atoms with Gasteiger partial charge >= 0.3 is 0 Å². The van der Waals surface area contributed by atoms with Gasteiger partial charge in [-0.3, -0.25) is 4.79 Å². The first-order valence-electron chi connectivity index (χ1n) is 9.17. The summed E-state index contributed by atoms with van der Waals surface area (Å²) in [4.78, 5) is 12.6. The number of phenols is 1. The molecule has 0 bridgehead atoms. The number of aromatic hydroxyl groups is 1. The van der Waals surface area contributed by atoms with E-state index in [9.17, 15) is 15.0 Å². The highest BCUT2D eigenvalue weighted by Gasteiger charge is 2.51. The molecule has 0 aliphatic carbocycles. The normalized spacial score (nSPS) is 21.2. The number of fused-ring (bicyclic) bond motifs is 1. The van der Waals surface area contributed by atoms with Gasteiger partial charge in [-0.05, 0) is 48.4 Å². The summed E-state index contributed by atoms with van der Waals surface area (Å²) in [5, 5.41) is 25.5. The molecule has 1 aromatic heterocycles. The van der Waals surface area contributed by atoms with Crippen LogP contribution in [0.5, 0.6) is 5.75 Å². The zero-order valence-corrected chi connectivity index (χ0v) is 16.0. The minimum Gasteiger partial charge on any atom is -0.507 e. The highest BCUT2D eigenvalue weighted by Crippen LogP contribution is 2.47. The van der Waals surface area contributed by atoms with E-state index < -0.39 is 17.6 Å². The molecule has 148 valence electrons. The van der Waals surface area contributed by atoms with E-state index in [2.05, 4.69) is 5.32 Å². The number of benzene rings is 2. The molecule has 0 saturated carbocycles. The number of nitrogens with one attached hydrogen (secondary N) is 1. The SMILES string of the molecule is COC1C(=O)Nc2ccc(C=Cc3occc3C)c(O)c2C1(O)c1ccccc1. The Bertz CT molecular complexity index is 1090. The number of phenolic OH excluding ortho intramolecular Hbond substituents is 1. The van der Waals surface area contributed by atoms with Crippen LogP contribution in [0.25, 0.3) is 12.2 Å². The van der Waals surface area contributed by atoms with Gasteiger partial charge in [0.2, 0.25) is 0 Å². The molecule has 6 nitrogen and oxygen atoms in total. The van der Waals surface area contributed by atoms with Gasteiger partial charge in [-0.2, -0.15) is 0 Å². The molecule has 1 amide bonds. The molecule has 0 radical (unpaired) electrons. The van der Waals surface area contributed by atoms with Gasteiger partial charge in [-0.25, -0.2) is 0 Å². The Morgan fingerprint density at radius 1 is 1.14 bits per heavy atom. The lowest BCUT2D eigenvalue weighted by Gasteiger charge is -2.40. The van der Waals surface area contributed by atoms with Gasteiger partial charge in [-0.1, -0.05) is 30.3 Å². The number of hydrogen-bond donors (Lipinski definition) is 3. The lowest BCUT2D eigenvalue weighted by molar-refractivity contribution is -0.142. The third-order valence-electron chi connectivity index (χ3n) is 5.23. The number of methoxy groups -OCH3 is 1. The van der Waals surface area contributed by atoms with Crippen LogP contribution in [0, 0.1) is 6.92 Å². The maximum absolute atomic E-state index is 12.6. The van der Waals surface area contributed by atoms with Gasteiger partial charge in [0.1, 0.15) is 11.5 Å². The Kier molecular flexibility index (Phi) is 4.74. The molecule has 3 aromatic rings. The fourth-order valence-electron chi connectivity index (χ4n) is 3.74. The number of anilines is 1. The van der Waals surface area contributed by atoms with Crippen LogP contribution >= 0.6 is 0 Å². The van der Waals surface area contributed by atoms with E-state index in [1.54, 1.807) is 54.8 Å². The van der Waals surface area contributed by atoms with Crippen LogP contribution in [0.1, 0.15) is 28.0 Å². The molecule has 2 atom stereocenters. The average molecular weight is 391 g/mol. The zero-order chi connectivity index (χ0) is 20.6. The molecule has 2 heterocycles. The molecule has 0 spiro atoms. The van der Waals surface area contributed by atoms with Crippen molar-refractivity contribution in [2.24, 2.45) is 0 Å². The molecule has 3 N–H and O–H groups in total. The first-order valence-corrected chi connectivity index (χ1v) is 9.17. The molecule has 29 heavy (non-hydrogen) atoms. The van der Waals surface area contributed by atoms with Crippen LogP contribution in [-0.4, -0.2) is 29.3 Å². The van der Waals surface area contributed by atoms with Crippen LogP contribution in [-0.2, 0) is 15.1 Å². The highest BCUT2D eigenvalue weighted by atomic mass is 16.5. The quantitative estimate of drug-likeness (QED) is 0.631. The Labute approximate surface area is 168 Å². The number of carbonyl (C=O) groups excluding carboxylic acids is 1.